The monoisotopic (exact) mass is 257 g/mol. The first-order valence-corrected chi connectivity index (χ1v) is 4.95. The van der Waals surface area contributed by atoms with E-state index in [0.717, 1.165) is 0 Å². The lowest BCUT2D eigenvalue weighted by molar-refractivity contribution is -0.116. The van der Waals surface area contributed by atoms with Gasteiger partial charge in [0.2, 0.25) is 5.91 Å². The first-order chi connectivity index (χ1) is 7.50. The van der Waals surface area contributed by atoms with E-state index in [1.165, 1.54) is 0 Å². The number of carbonyl (C=O) groups excluding carboxylic acids is 2. The summed E-state index contributed by atoms with van der Waals surface area (Å²) >= 11 is 0. The largest absolute Gasteiger partial charge is 0.366 e. The van der Waals surface area contributed by atoms with Crippen molar-refractivity contribution in [3.05, 3.63) is 29.8 Å². The Kier molecular flexibility index (Phi) is 6.23. The summed E-state index contributed by atoms with van der Waals surface area (Å²) in [6.45, 7) is 1.74. The molecule has 0 bridgehead atoms. The number of hydrogen-bond acceptors (Lipinski definition) is 3. The number of anilines is 1. The topological polar surface area (TPSA) is 98.2 Å². The van der Waals surface area contributed by atoms with Gasteiger partial charge in [0.25, 0.3) is 5.91 Å². The molecule has 0 aliphatic rings. The van der Waals surface area contributed by atoms with Crippen LogP contribution in [0.25, 0.3) is 0 Å². The third kappa shape index (κ3) is 4.84. The highest BCUT2D eigenvalue weighted by Crippen LogP contribution is 2.14. The second kappa shape index (κ2) is 6.88. The summed E-state index contributed by atoms with van der Waals surface area (Å²) in [6.07, 6.45) is 0.201. The highest BCUT2D eigenvalue weighted by molar-refractivity contribution is 6.03. The van der Waals surface area contributed by atoms with Gasteiger partial charge in [0.1, 0.15) is 0 Å². The molecule has 0 fully saturated rings. The second-order valence-electron chi connectivity index (χ2n) is 3.64. The Morgan fingerprint density at radius 1 is 1.35 bits per heavy atom. The molecular weight excluding hydrogens is 242 g/mol. The number of halogens is 1. The molecule has 5 nitrogen and oxygen atoms in total. The number of hydrogen-bond donors (Lipinski definition) is 3. The smallest absolute Gasteiger partial charge is 0.250 e. The molecule has 1 aromatic carbocycles. The molecular formula is C11H16ClN3O2. The number of benzene rings is 1. The Hall–Kier alpha value is -1.59. The fraction of sp³-hybridized carbons (Fsp3) is 0.273. The molecule has 1 unspecified atom stereocenters. The lowest BCUT2D eigenvalue weighted by Crippen LogP contribution is -2.25. The van der Waals surface area contributed by atoms with Gasteiger partial charge in [-0.15, -0.1) is 12.4 Å². The van der Waals surface area contributed by atoms with E-state index in [4.69, 9.17) is 11.5 Å². The van der Waals surface area contributed by atoms with Crippen LogP contribution in [-0.2, 0) is 4.79 Å². The van der Waals surface area contributed by atoms with Crippen molar-refractivity contribution in [1.82, 2.24) is 0 Å². The van der Waals surface area contributed by atoms with Crippen molar-refractivity contribution >= 4 is 29.9 Å². The van der Waals surface area contributed by atoms with Crippen molar-refractivity contribution in [2.75, 3.05) is 5.32 Å². The molecule has 1 aromatic rings. The van der Waals surface area contributed by atoms with Crippen molar-refractivity contribution < 1.29 is 9.59 Å². The van der Waals surface area contributed by atoms with Crippen LogP contribution in [0.5, 0.6) is 0 Å². The Morgan fingerprint density at radius 3 is 2.47 bits per heavy atom. The number of carbonyl (C=O) groups is 2. The van der Waals surface area contributed by atoms with Gasteiger partial charge in [-0.25, -0.2) is 0 Å². The van der Waals surface area contributed by atoms with Crippen LogP contribution < -0.4 is 16.8 Å². The standard InChI is InChI=1S/C11H15N3O2.ClH/c1-7(12)6-10(15)14-9-5-3-2-4-8(9)11(13)16;/h2-5,7H,6,12H2,1H3,(H2,13,16)(H,14,15);1H. The number of nitrogens with one attached hydrogen (secondary N) is 1. The molecule has 0 spiro atoms. The summed E-state index contributed by atoms with van der Waals surface area (Å²) in [6, 6.07) is 6.36. The maximum Gasteiger partial charge on any atom is 0.250 e. The van der Waals surface area contributed by atoms with Crippen molar-refractivity contribution in [3.8, 4) is 0 Å². The third-order valence-corrected chi connectivity index (χ3v) is 1.97. The Balaban J connectivity index is 0.00000256. The van der Waals surface area contributed by atoms with Gasteiger partial charge in [0.05, 0.1) is 11.3 Å². The summed E-state index contributed by atoms with van der Waals surface area (Å²) in [5, 5.41) is 2.60. The third-order valence-electron chi connectivity index (χ3n) is 1.97. The maximum absolute atomic E-state index is 11.5. The molecule has 0 aliphatic carbocycles. The highest BCUT2D eigenvalue weighted by atomic mass is 35.5. The molecule has 0 aromatic heterocycles. The van der Waals surface area contributed by atoms with Gasteiger partial charge in [-0.05, 0) is 19.1 Å². The number of nitrogens with two attached hydrogens (primary N) is 2. The highest BCUT2D eigenvalue weighted by Gasteiger charge is 2.10. The SMILES string of the molecule is CC(N)CC(=O)Nc1ccccc1C(N)=O.Cl. The molecule has 5 N–H and O–H groups in total. The average molecular weight is 258 g/mol. The summed E-state index contributed by atoms with van der Waals surface area (Å²) in [5.74, 6) is -0.805. The van der Waals surface area contributed by atoms with Crippen LogP contribution in [0.3, 0.4) is 0 Å². The minimum atomic E-state index is -0.573. The fourth-order valence-electron chi connectivity index (χ4n) is 1.30. The molecule has 6 heteroatoms. The van der Waals surface area contributed by atoms with Gasteiger partial charge in [0, 0.05) is 12.5 Å². The van der Waals surface area contributed by atoms with E-state index in [0.29, 0.717) is 11.3 Å². The van der Waals surface area contributed by atoms with Crippen LogP contribution in [0.2, 0.25) is 0 Å². The van der Waals surface area contributed by atoms with Crippen molar-refractivity contribution in [2.45, 2.75) is 19.4 Å². The fourth-order valence-corrected chi connectivity index (χ4v) is 1.30. The van der Waals surface area contributed by atoms with Gasteiger partial charge in [-0.2, -0.15) is 0 Å². The molecule has 0 aliphatic heterocycles. The molecule has 94 valence electrons. The second-order valence-corrected chi connectivity index (χ2v) is 3.64. The lowest BCUT2D eigenvalue weighted by atomic mass is 10.1. The lowest BCUT2D eigenvalue weighted by Gasteiger charge is -2.09. The van der Waals surface area contributed by atoms with Gasteiger partial charge in [-0.1, -0.05) is 12.1 Å². The first kappa shape index (κ1) is 15.4. The molecule has 17 heavy (non-hydrogen) atoms. The first-order valence-electron chi connectivity index (χ1n) is 4.95. The maximum atomic E-state index is 11.5. The minimum absolute atomic E-state index is 0. The summed E-state index contributed by atoms with van der Waals surface area (Å²) < 4.78 is 0. The minimum Gasteiger partial charge on any atom is -0.366 e. The zero-order chi connectivity index (χ0) is 12.1. The molecule has 0 radical (unpaired) electrons. The predicted octanol–water partition coefficient (Wildman–Crippen LogP) is 0.883. The quantitative estimate of drug-likeness (QED) is 0.747. The normalized spacial score (nSPS) is 11.2. The van der Waals surface area contributed by atoms with Crippen LogP contribution in [0.4, 0.5) is 5.69 Å². The molecule has 1 atom stereocenters. The zero-order valence-corrected chi connectivity index (χ0v) is 10.3. The van der Waals surface area contributed by atoms with Gasteiger partial charge in [0.15, 0.2) is 0 Å². The Labute approximate surface area is 106 Å². The van der Waals surface area contributed by atoms with Crippen molar-refractivity contribution in [3.63, 3.8) is 0 Å². The van der Waals surface area contributed by atoms with Crippen LogP contribution in [0.15, 0.2) is 24.3 Å². The van der Waals surface area contributed by atoms with Gasteiger partial charge in [-0.3, -0.25) is 9.59 Å². The molecule has 2 amide bonds. The zero-order valence-electron chi connectivity index (χ0n) is 9.47. The number of rotatable bonds is 4. The average Bonchev–Trinajstić information content (AvgIpc) is 2.16. The Morgan fingerprint density at radius 2 is 1.94 bits per heavy atom. The van der Waals surface area contributed by atoms with Gasteiger partial charge < -0.3 is 16.8 Å². The van der Waals surface area contributed by atoms with E-state index in [1.807, 2.05) is 0 Å². The van der Waals surface area contributed by atoms with Crippen molar-refractivity contribution in [2.24, 2.45) is 11.5 Å². The van der Waals surface area contributed by atoms with E-state index >= 15 is 0 Å². The molecule has 0 heterocycles. The molecule has 1 rings (SSSR count). The Bertz CT molecular complexity index is 407. The van der Waals surface area contributed by atoms with Crippen LogP contribution in [0.1, 0.15) is 23.7 Å². The predicted molar refractivity (Wildman–Crippen MR) is 69.1 cm³/mol. The van der Waals surface area contributed by atoms with E-state index in [9.17, 15) is 9.59 Å². The van der Waals surface area contributed by atoms with Crippen LogP contribution >= 0.6 is 12.4 Å². The molecule has 0 saturated carbocycles. The number of para-hydroxylation sites is 1. The van der Waals surface area contributed by atoms with E-state index < -0.39 is 5.91 Å². The number of primary amides is 1. The van der Waals surface area contributed by atoms with Gasteiger partial charge >= 0.3 is 0 Å². The number of amides is 2. The summed E-state index contributed by atoms with van der Waals surface area (Å²) in [5.41, 5.74) is 11.4. The van der Waals surface area contributed by atoms with Crippen LogP contribution in [0, 0.1) is 0 Å². The van der Waals surface area contributed by atoms with Crippen molar-refractivity contribution in [1.29, 1.82) is 0 Å². The van der Waals surface area contributed by atoms with E-state index in [-0.39, 0.29) is 30.8 Å². The summed E-state index contributed by atoms with van der Waals surface area (Å²) in [7, 11) is 0. The van der Waals surface area contributed by atoms with Crippen LogP contribution in [-0.4, -0.2) is 17.9 Å². The summed E-state index contributed by atoms with van der Waals surface area (Å²) in [4.78, 5) is 22.5. The molecule has 0 saturated heterocycles. The van der Waals surface area contributed by atoms with E-state index in [2.05, 4.69) is 5.32 Å². The van der Waals surface area contributed by atoms with E-state index in [1.54, 1.807) is 31.2 Å².